The molecule has 1 amide bonds. The van der Waals surface area contributed by atoms with Crippen molar-refractivity contribution < 1.29 is 14.3 Å². The van der Waals surface area contributed by atoms with Gasteiger partial charge in [-0.2, -0.15) is 0 Å². The van der Waals surface area contributed by atoms with E-state index in [1.807, 2.05) is 20.8 Å². The number of rotatable bonds is 5. The van der Waals surface area contributed by atoms with Crippen molar-refractivity contribution in [1.82, 2.24) is 4.90 Å². The van der Waals surface area contributed by atoms with E-state index < -0.39 is 5.60 Å². The van der Waals surface area contributed by atoms with Gasteiger partial charge in [0, 0.05) is 11.5 Å². The smallest absolute Gasteiger partial charge is 0.410 e. The minimum Gasteiger partial charge on any atom is -0.444 e. The first-order valence-electron chi connectivity index (χ1n) is 10.6. The first-order chi connectivity index (χ1) is 13.9. The van der Waals surface area contributed by atoms with Gasteiger partial charge in [0.1, 0.15) is 5.60 Å². The molecule has 3 rings (SSSR count). The molecule has 1 heterocycles. The predicted octanol–water partition coefficient (Wildman–Crippen LogP) is 5.42. The maximum absolute atomic E-state index is 12.6. The lowest BCUT2D eigenvalue weighted by atomic mass is 9.83. The molecule has 0 bridgehead atoms. The van der Waals surface area contributed by atoms with Crippen molar-refractivity contribution in [3.8, 4) is 0 Å². The second-order valence-corrected chi connectivity index (χ2v) is 9.02. The summed E-state index contributed by atoms with van der Waals surface area (Å²) in [6.45, 7) is 6.45. The molecule has 29 heavy (non-hydrogen) atoms. The van der Waals surface area contributed by atoms with Crippen molar-refractivity contribution in [1.29, 1.82) is 0 Å². The Labute approximate surface area is 173 Å². The van der Waals surface area contributed by atoms with Crippen LogP contribution in [-0.2, 0) is 9.47 Å². The molecule has 7 heteroatoms. The van der Waals surface area contributed by atoms with Crippen LogP contribution in [0.2, 0.25) is 0 Å². The highest BCUT2D eigenvalue weighted by Gasteiger charge is 2.39. The van der Waals surface area contributed by atoms with Gasteiger partial charge in [-0.15, -0.1) is 0 Å². The molecule has 0 aromatic heterocycles. The van der Waals surface area contributed by atoms with Crippen LogP contribution < -0.4 is 0 Å². The summed E-state index contributed by atoms with van der Waals surface area (Å²) in [6, 6.07) is 10.1. The second kappa shape index (κ2) is 9.51. The quantitative estimate of drug-likeness (QED) is 0.376. The van der Waals surface area contributed by atoms with Gasteiger partial charge in [0.05, 0.1) is 24.8 Å². The third kappa shape index (κ3) is 5.87. The lowest BCUT2D eigenvalue weighted by Gasteiger charge is -2.33. The highest BCUT2D eigenvalue weighted by atomic mass is 16.6. The molecule has 0 radical (unpaired) electrons. The predicted molar refractivity (Wildman–Crippen MR) is 112 cm³/mol. The number of amides is 1. The number of ether oxygens (including phenoxy) is 2. The van der Waals surface area contributed by atoms with Crippen LogP contribution in [0.15, 0.2) is 35.4 Å². The van der Waals surface area contributed by atoms with E-state index in [1.165, 1.54) is 5.56 Å². The van der Waals surface area contributed by atoms with Crippen molar-refractivity contribution in [2.24, 2.45) is 5.11 Å². The molecule has 1 aliphatic heterocycles. The molecule has 1 aromatic rings. The molecule has 0 spiro atoms. The van der Waals surface area contributed by atoms with Gasteiger partial charge in [-0.25, -0.2) is 4.79 Å². The number of azide groups is 1. The molecule has 1 saturated carbocycles. The Morgan fingerprint density at radius 3 is 2.48 bits per heavy atom. The Balaban J connectivity index is 1.55. The van der Waals surface area contributed by atoms with Crippen LogP contribution in [0, 0.1) is 0 Å². The second-order valence-electron chi connectivity index (χ2n) is 9.02. The topological polar surface area (TPSA) is 87.5 Å². The molecular weight excluding hydrogens is 368 g/mol. The third-order valence-electron chi connectivity index (χ3n) is 5.79. The molecule has 1 aromatic carbocycles. The van der Waals surface area contributed by atoms with Crippen LogP contribution >= 0.6 is 0 Å². The molecule has 1 aliphatic carbocycles. The maximum Gasteiger partial charge on any atom is 0.410 e. The van der Waals surface area contributed by atoms with Gasteiger partial charge in [0.25, 0.3) is 0 Å². The summed E-state index contributed by atoms with van der Waals surface area (Å²) >= 11 is 0. The molecular formula is C22H32N4O3. The van der Waals surface area contributed by atoms with E-state index in [4.69, 9.17) is 15.0 Å². The van der Waals surface area contributed by atoms with Crippen molar-refractivity contribution in [3.63, 3.8) is 0 Å². The molecule has 2 fully saturated rings. The van der Waals surface area contributed by atoms with Crippen LogP contribution in [0.1, 0.15) is 64.4 Å². The van der Waals surface area contributed by atoms with E-state index in [0.29, 0.717) is 25.5 Å². The summed E-state index contributed by atoms with van der Waals surface area (Å²) in [7, 11) is 0. The number of hydrogen-bond acceptors (Lipinski definition) is 4. The minimum atomic E-state index is -0.561. The Morgan fingerprint density at radius 1 is 1.17 bits per heavy atom. The monoisotopic (exact) mass is 400 g/mol. The fourth-order valence-corrected chi connectivity index (χ4v) is 4.31. The molecule has 0 unspecified atom stereocenters. The van der Waals surface area contributed by atoms with Crippen molar-refractivity contribution >= 4 is 6.09 Å². The number of benzene rings is 1. The van der Waals surface area contributed by atoms with E-state index in [9.17, 15) is 4.79 Å². The first-order valence-corrected chi connectivity index (χ1v) is 10.6. The zero-order valence-electron chi connectivity index (χ0n) is 17.7. The molecule has 1 saturated heterocycles. The fourth-order valence-electron chi connectivity index (χ4n) is 4.31. The van der Waals surface area contributed by atoms with Gasteiger partial charge in [0.2, 0.25) is 0 Å². The zero-order valence-corrected chi connectivity index (χ0v) is 17.7. The summed E-state index contributed by atoms with van der Waals surface area (Å²) < 4.78 is 11.7. The van der Waals surface area contributed by atoms with E-state index >= 15 is 0 Å². The van der Waals surface area contributed by atoms with Gasteiger partial charge in [-0.05, 0) is 69.9 Å². The normalized spacial score (nSPS) is 27.3. The number of carbonyl (C=O) groups is 1. The molecule has 2 atom stereocenters. The summed E-state index contributed by atoms with van der Waals surface area (Å²) in [4.78, 5) is 17.2. The standard InChI is InChI=1S/C22H32N4O3/c1-22(2,3)29-21(27)26-14-13-19(24-25-23)20(26)15-28-18-11-9-17(10-12-18)16-7-5-4-6-8-16/h4-8,17-20H,9-15H2,1-3H3/t17-,18+,19-,20-/m1/s1. The van der Waals surface area contributed by atoms with Gasteiger partial charge in [-0.1, -0.05) is 35.4 Å². The average molecular weight is 401 g/mol. The number of nitrogens with zero attached hydrogens (tertiary/aromatic N) is 4. The average Bonchev–Trinajstić information content (AvgIpc) is 3.09. The van der Waals surface area contributed by atoms with Crippen LogP contribution in [0.25, 0.3) is 10.4 Å². The Hall–Kier alpha value is -2.24. The third-order valence-corrected chi connectivity index (χ3v) is 5.79. The maximum atomic E-state index is 12.6. The SMILES string of the molecule is CC(C)(C)OC(=O)N1CC[C@@H](N=[N+]=[N-])[C@H]1CO[C@H]1CC[C@@H](c2ccccc2)CC1. The Bertz CT molecular complexity index is 719. The summed E-state index contributed by atoms with van der Waals surface area (Å²) in [5.41, 5.74) is 9.74. The summed E-state index contributed by atoms with van der Waals surface area (Å²) in [6.07, 6.45) is 4.68. The van der Waals surface area contributed by atoms with Crippen LogP contribution in [0.5, 0.6) is 0 Å². The first kappa shape index (κ1) is 21.5. The molecule has 7 nitrogen and oxygen atoms in total. The van der Waals surface area contributed by atoms with Crippen LogP contribution in [0.3, 0.4) is 0 Å². The number of hydrogen-bond donors (Lipinski definition) is 0. The largest absolute Gasteiger partial charge is 0.444 e. The molecule has 158 valence electrons. The number of likely N-dealkylation sites (tertiary alicyclic amines) is 1. The Kier molecular flexibility index (Phi) is 7.04. The highest BCUT2D eigenvalue weighted by Crippen LogP contribution is 2.34. The molecule has 2 aliphatic rings. The van der Waals surface area contributed by atoms with E-state index in [-0.39, 0.29) is 24.3 Å². The lowest BCUT2D eigenvalue weighted by Crippen LogP contribution is -2.45. The number of carbonyl (C=O) groups excluding carboxylic acids is 1. The van der Waals surface area contributed by atoms with E-state index in [0.717, 1.165) is 25.7 Å². The van der Waals surface area contributed by atoms with Crippen molar-refractivity contribution in [3.05, 3.63) is 46.3 Å². The van der Waals surface area contributed by atoms with Crippen molar-refractivity contribution in [2.45, 2.75) is 82.6 Å². The Morgan fingerprint density at radius 2 is 1.86 bits per heavy atom. The fraction of sp³-hybridized carbons (Fsp3) is 0.682. The molecule has 0 N–H and O–H groups in total. The van der Waals surface area contributed by atoms with Gasteiger partial charge in [-0.3, -0.25) is 0 Å². The zero-order chi connectivity index (χ0) is 20.9. The van der Waals surface area contributed by atoms with Crippen LogP contribution in [0.4, 0.5) is 4.79 Å². The van der Waals surface area contributed by atoms with Gasteiger partial charge >= 0.3 is 6.09 Å². The van der Waals surface area contributed by atoms with Crippen LogP contribution in [-0.4, -0.2) is 47.9 Å². The van der Waals surface area contributed by atoms with Gasteiger partial charge in [0.15, 0.2) is 0 Å². The van der Waals surface area contributed by atoms with E-state index in [2.05, 4.69) is 40.4 Å². The van der Waals surface area contributed by atoms with E-state index in [1.54, 1.807) is 4.90 Å². The highest BCUT2D eigenvalue weighted by molar-refractivity contribution is 5.69. The van der Waals surface area contributed by atoms with Gasteiger partial charge < -0.3 is 14.4 Å². The van der Waals surface area contributed by atoms with Crippen molar-refractivity contribution in [2.75, 3.05) is 13.2 Å². The minimum absolute atomic E-state index is 0.183. The summed E-state index contributed by atoms with van der Waals surface area (Å²) in [5.74, 6) is 0.594. The lowest BCUT2D eigenvalue weighted by molar-refractivity contribution is -0.0180. The summed E-state index contributed by atoms with van der Waals surface area (Å²) in [5, 5.41) is 3.90.